The molecule has 0 amide bonds. The van der Waals surface area contributed by atoms with Crippen LogP contribution in [0.25, 0.3) is 22.3 Å². The highest BCUT2D eigenvalue weighted by molar-refractivity contribution is 5.99. The third-order valence-corrected chi connectivity index (χ3v) is 4.20. The van der Waals surface area contributed by atoms with Gasteiger partial charge in [-0.2, -0.15) is 13.9 Å². The van der Waals surface area contributed by atoms with Gasteiger partial charge in [0.15, 0.2) is 11.6 Å². The number of alkyl halides is 2. The van der Waals surface area contributed by atoms with Crippen LogP contribution in [-0.4, -0.2) is 37.9 Å². The van der Waals surface area contributed by atoms with Crippen molar-refractivity contribution in [2.24, 2.45) is 5.10 Å². The van der Waals surface area contributed by atoms with Crippen LogP contribution in [0.4, 0.5) is 20.3 Å². The van der Waals surface area contributed by atoms with Gasteiger partial charge in [-0.1, -0.05) is 24.3 Å². The second-order valence-electron chi connectivity index (χ2n) is 6.11. The van der Waals surface area contributed by atoms with E-state index in [2.05, 4.69) is 35.4 Å². The predicted octanol–water partition coefficient (Wildman–Crippen LogP) is 3.98. The number of nitro groups is 1. The van der Waals surface area contributed by atoms with E-state index in [1.165, 1.54) is 0 Å². The number of anilines is 1. The molecule has 4 aromatic rings. The second-order valence-corrected chi connectivity index (χ2v) is 6.11. The molecule has 0 radical (unpaired) electrons. The Hall–Kier alpha value is -4.48. The molecule has 2 N–H and O–H groups in total. The molecule has 0 aliphatic rings. The topological polar surface area (TPSA) is 131 Å². The molecular formula is C19H13F2N7O3. The maximum atomic E-state index is 12.6. The molecule has 0 spiro atoms. The summed E-state index contributed by atoms with van der Waals surface area (Å²) in [6, 6.07) is 10.5. The Kier molecular flexibility index (Phi) is 5.43. The van der Waals surface area contributed by atoms with Crippen molar-refractivity contribution in [2.45, 2.75) is 6.61 Å². The Balaban J connectivity index is 1.66. The van der Waals surface area contributed by atoms with Crippen molar-refractivity contribution in [2.75, 3.05) is 5.43 Å². The van der Waals surface area contributed by atoms with E-state index in [4.69, 9.17) is 0 Å². The molecule has 0 bridgehead atoms. The maximum Gasteiger partial charge on any atom is 0.387 e. The minimum atomic E-state index is -3.09. The predicted molar refractivity (Wildman–Crippen MR) is 108 cm³/mol. The molecule has 2 aromatic heterocycles. The molecule has 0 saturated carbocycles. The van der Waals surface area contributed by atoms with Gasteiger partial charge in [-0.05, 0) is 6.07 Å². The number of imidazole rings is 1. The largest absolute Gasteiger partial charge is 0.434 e. The summed E-state index contributed by atoms with van der Waals surface area (Å²) in [7, 11) is 0. The van der Waals surface area contributed by atoms with E-state index in [0.717, 1.165) is 29.8 Å². The van der Waals surface area contributed by atoms with Crippen LogP contribution in [0.1, 0.15) is 5.56 Å². The van der Waals surface area contributed by atoms with E-state index in [1.807, 2.05) is 12.1 Å². The van der Waals surface area contributed by atoms with Crippen LogP contribution in [-0.2, 0) is 0 Å². The molecule has 31 heavy (non-hydrogen) atoms. The number of hydrogen-bond acceptors (Lipinski definition) is 8. The van der Waals surface area contributed by atoms with Gasteiger partial charge in [-0.15, -0.1) is 10.2 Å². The van der Waals surface area contributed by atoms with Crippen molar-refractivity contribution in [3.05, 3.63) is 70.5 Å². The summed E-state index contributed by atoms with van der Waals surface area (Å²) >= 11 is 0. The number of benzene rings is 2. The number of hydrazone groups is 1. The number of nitro benzene ring substituents is 1. The summed E-state index contributed by atoms with van der Waals surface area (Å²) in [6.07, 6.45) is 4.39. The Morgan fingerprint density at radius 2 is 2.00 bits per heavy atom. The summed E-state index contributed by atoms with van der Waals surface area (Å²) in [5, 5.41) is 24.7. The number of nitrogens with zero attached hydrogens (tertiary/aromatic N) is 5. The van der Waals surface area contributed by atoms with Crippen LogP contribution in [0.15, 0.2) is 60.0 Å². The van der Waals surface area contributed by atoms with Gasteiger partial charge in [0, 0.05) is 40.9 Å². The molecule has 156 valence electrons. The first-order valence-electron chi connectivity index (χ1n) is 8.80. The van der Waals surface area contributed by atoms with Gasteiger partial charge in [0.2, 0.25) is 0 Å². The third kappa shape index (κ3) is 4.27. The van der Waals surface area contributed by atoms with E-state index < -0.39 is 11.5 Å². The van der Waals surface area contributed by atoms with Crippen LogP contribution in [0.2, 0.25) is 0 Å². The van der Waals surface area contributed by atoms with Gasteiger partial charge < -0.3 is 9.72 Å². The minimum absolute atomic E-state index is 0.00790. The average molecular weight is 425 g/mol. The first-order valence-corrected chi connectivity index (χ1v) is 8.80. The number of aromatic amines is 1. The SMILES string of the molecule is O=[N+]([O-])c1ccc(OC(F)F)c(/C=N/Nc2nnc(-c3ncc[nH]3)c3ccccc23)c1. The zero-order valence-corrected chi connectivity index (χ0v) is 15.6. The third-order valence-electron chi connectivity index (χ3n) is 4.20. The highest BCUT2D eigenvalue weighted by Crippen LogP contribution is 2.28. The lowest BCUT2D eigenvalue weighted by molar-refractivity contribution is -0.384. The van der Waals surface area contributed by atoms with Crippen molar-refractivity contribution >= 4 is 28.5 Å². The molecule has 2 heterocycles. The van der Waals surface area contributed by atoms with Gasteiger partial charge >= 0.3 is 6.61 Å². The highest BCUT2D eigenvalue weighted by Gasteiger charge is 2.15. The van der Waals surface area contributed by atoms with Crippen molar-refractivity contribution in [1.82, 2.24) is 20.2 Å². The molecular weight excluding hydrogens is 412 g/mol. The van der Waals surface area contributed by atoms with Gasteiger partial charge in [-0.3, -0.25) is 15.5 Å². The molecule has 2 aromatic carbocycles. The Bertz CT molecular complexity index is 1260. The lowest BCUT2D eigenvalue weighted by Crippen LogP contribution is -2.05. The summed E-state index contributed by atoms with van der Waals surface area (Å²) in [5.41, 5.74) is 2.93. The van der Waals surface area contributed by atoms with Gasteiger partial charge in [0.1, 0.15) is 11.4 Å². The Labute approximate surface area is 172 Å². The zero-order chi connectivity index (χ0) is 21.8. The van der Waals surface area contributed by atoms with E-state index >= 15 is 0 Å². The first kappa shape index (κ1) is 19.8. The molecule has 0 fully saturated rings. The van der Waals surface area contributed by atoms with E-state index in [9.17, 15) is 18.9 Å². The van der Waals surface area contributed by atoms with E-state index in [-0.39, 0.29) is 17.0 Å². The monoisotopic (exact) mass is 425 g/mol. The molecule has 4 rings (SSSR count). The second kappa shape index (κ2) is 8.49. The number of ether oxygens (including phenoxy) is 1. The number of halogens is 2. The average Bonchev–Trinajstić information content (AvgIpc) is 3.29. The fourth-order valence-electron chi connectivity index (χ4n) is 2.87. The first-order chi connectivity index (χ1) is 15.0. The molecule has 0 saturated heterocycles. The van der Waals surface area contributed by atoms with Gasteiger partial charge in [-0.25, -0.2) is 4.98 Å². The fourth-order valence-corrected chi connectivity index (χ4v) is 2.87. The summed E-state index contributed by atoms with van der Waals surface area (Å²) < 4.78 is 29.7. The lowest BCUT2D eigenvalue weighted by Gasteiger charge is -2.08. The number of non-ortho nitro benzene ring substituents is 1. The van der Waals surface area contributed by atoms with Crippen LogP contribution in [0, 0.1) is 10.1 Å². The van der Waals surface area contributed by atoms with Crippen LogP contribution >= 0.6 is 0 Å². The van der Waals surface area contributed by atoms with Crippen LogP contribution in [0.5, 0.6) is 5.75 Å². The molecule has 0 unspecified atom stereocenters. The standard InChI is InChI=1S/C19H13F2N7O3/c20-19(21)31-15-6-5-12(28(29)30)9-11(15)10-24-26-17-14-4-2-1-3-13(14)16(25-27-17)18-22-7-8-23-18/h1-10,19H,(H,22,23)(H,26,27)/b24-10+. The highest BCUT2D eigenvalue weighted by atomic mass is 19.3. The summed E-state index contributed by atoms with van der Waals surface area (Å²) in [4.78, 5) is 17.5. The van der Waals surface area contributed by atoms with Crippen molar-refractivity contribution in [3.63, 3.8) is 0 Å². The number of aromatic nitrogens is 4. The van der Waals surface area contributed by atoms with Gasteiger partial charge in [0.05, 0.1) is 11.1 Å². The molecule has 0 aliphatic heterocycles. The van der Waals surface area contributed by atoms with Crippen molar-refractivity contribution in [1.29, 1.82) is 0 Å². The Morgan fingerprint density at radius 1 is 1.19 bits per heavy atom. The fraction of sp³-hybridized carbons (Fsp3) is 0.0526. The number of fused-ring (bicyclic) bond motifs is 1. The normalized spacial score (nSPS) is 11.3. The van der Waals surface area contributed by atoms with Crippen LogP contribution < -0.4 is 10.2 Å². The number of hydrogen-bond donors (Lipinski definition) is 2. The number of H-pyrrole nitrogens is 1. The van der Waals surface area contributed by atoms with Crippen molar-refractivity contribution in [3.8, 4) is 17.3 Å². The molecule has 12 heteroatoms. The molecule has 10 nitrogen and oxygen atoms in total. The smallest absolute Gasteiger partial charge is 0.387 e. The van der Waals surface area contributed by atoms with E-state index in [0.29, 0.717) is 22.7 Å². The van der Waals surface area contributed by atoms with E-state index in [1.54, 1.807) is 24.5 Å². The Morgan fingerprint density at radius 3 is 2.71 bits per heavy atom. The number of nitrogens with one attached hydrogen (secondary N) is 2. The lowest BCUT2D eigenvalue weighted by atomic mass is 10.1. The quantitative estimate of drug-likeness (QED) is 0.260. The summed E-state index contributed by atoms with van der Waals surface area (Å²) in [6.45, 7) is -3.09. The van der Waals surface area contributed by atoms with Crippen LogP contribution in [0.3, 0.4) is 0 Å². The maximum absolute atomic E-state index is 12.6. The summed E-state index contributed by atoms with van der Waals surface area (Å²) in [5.74, 6) is 0.586. The minimum Gasteiger partial charge on any atom is -0.434 e. The zero-order valence-electron chi connectivity index (χ0n) is 15.6. The molecule has 0 aliphatic carbocycles. The van der Waals surface area contributed by atoms with Gasteiger partial charge in [0.25, 0.3) is 5.69 Å². The van der Waals surface area contributed by atoms with Crippen molar-refractivity contribution < 1.29 is 18.4 Å². The molecule has 0 atom stereocenters. The number of rotatable bonds is 7.